The van der Waals surface area contributed by atoms with Crippen molar-refractivity contribution in [1.29, 1.82) is 0 Å². The highest BCUT2D eigenvalue weighted by Gasteiger charge is 2.26. The van der Waals surface area contributed by atoms with Crippen molar-refractivity contribution < 1.29 is 9.53 Å². The van der Waals surface area contributed by atoms with E-state index in [0.29, 0.717) is 12.5 Å². The number of nitrogens with zero attached hydrogens (tertiary/aromatic N) is 2. The predicted molar refractivity (Wildman–Crippen MR) is 110 cm³/mol. The number of hydrogen-bond acceptors (Lipinski definition) is 5. The molecule has 0 radical (unpaired) electrons. The number of rotatable bonds is 5. The Hall–Kier alpha value is -1.82. The summed E-state index contributed by atoms with van der Waals surface area (Å²) >= 11 is 1.79. The summed E-state index contributed by atoms with van der Waals surface area (Å²) in [7, 11) is 3.07. The molecule has 0 spiro atoms. The molecule has 5 nitrogen and oxygen atoms in total. The van der Waals surface area contributed by atoms with Crippen molar-refractivity contribution in [2.24, 2.45) is 10.9 Å². The van der Waals surface area contributed by atoms with Gasteiger partial charge in [0.05, 0.1) is 7.11 Å². The lowest BCUT2D eigenvalue weighted by atomic mass is 10.0. The highest BCUT2D eigenvalue weighted by Crippen LogP contribution is 2.32. The Bertz CT molecular complexity index is 732. The normalized spacial score (nSPS) is 14.2. The molecule has 0 aromatic carbocycles. The smallest absolute Gasteiger partial charge is 0.343 e. The number of pyridine rings is 1. The summed E-state index contributed by atoms with van der Waals surface area (Å²) in [5, 5.41) is 0. The Labute approximate surface area is 160 Å². The van der Waals surface area contributed by atoms with Crippen LogP contribution in [0.2, 0.25) is 0 Å². The maximum absolute atomic E-state index is 12.8. The summed E-state index contributed by atoms with van der Waals surface area (Å²) in [5.74, 6) is 1.57. The predicted octanol–water partition coefficient (Wildman–Crippen LogP) is 4.00. The molecular weight excluding hydrogens is 348 g/mol. The van der Waals surface area contributed by atoms with Gasteiger partial charge in [-0.3, -0.25) is 4.79 Å². The van der Waals surface area contributed by atoms with Gasteiger partial charge in [-0.25, -0.2) is 4.79 Å². The van der Waals surface area contributed by atoms with Gasteiger partial charge >= 0.3 is 5.97 Å². The molecule has 0 fully saturated rings. The molecule has 1 aromatic heterocycles. The summed E-state index contributed by atoms with van der Waals surface area (Å²) in [5.41, 5.74) is 2.98. The number of aromatic nitrogens is 1. The minimum Gasteiger partial charge on any atom is -0.465 e. The summed E-state index contributed by atoms with van der Waals surface area (Å²) < 4.78 is 6.59. The minimum absolute atomic E-state index is 0.197. The molecule has 2 heterocycles. The molecule has 0 aliphatic carbocycles. The Balaban J connectivity index is 0.000000765. The van der Waals surface area contributed by atoms with E-state index in [9.17, 15) is 9.59 Å². The minimum atomic E-state index is -0.530. The van der Waals surface area contributed by atoms with E-state index >= 15 is 0 Å². The van der Waals surface area contributed by atoms with Crippen molar-refractivity contribution in [2.45, 2.75) is 52.2 Å². The van der Waals surface area contributed by atoms with Crippen LogP contribution in [0.25, 0.3) is 0 Å². The number of aliphatic imine (C=N–C) groups is 1. The van der Waals surface area contributed by atoms with Crippen molar-refractivity contribution in [1.82, 2.24) is 4.57 Å². The second kappa shape index (κ2) is 11.0. The fraction of sp³-hybridized carbons (Fsp3) is 0.550. The van der Waals surface area contributed by atoms with Crippen molar-refractivity contribution in [3.63, 3.8) is 0 Å². The molecule has 0 saturated carbocycles. The maximum Gasteiger partial charge on any atom is 0.343 e. The lowest BCUT2D eigenvalue weighted by molar-refractivity contribution is 0.0597. The van der Waals surface area contributed by atoms with Crippen molar-refractivity contribution in [2.75, 3.05) is 14.2 Å². The number of fused-ring (bicyclic) bond motifs is 1. The molecule has 0 N–H and O–H groups in total. The van der Waals surface area contributed by atoms with E-state index in [4.69, 9.17) is 4.74 Å². The van der Waals surface area contributed by atoms with Gasteiger partial charge in [0.1, 0.15) is 5.56 Å². The van der Waals surface area contributed by atoms with E-state index in [2.05, 4.69) is 18.0 Å². The zero-order chi connectivity index (χ0) is 19.7. The number of methoxy groups -OCH3 is 1. The van der Waals surface area contributed by atoms with Crippen LogP contribution in [0.1, 0.15) is 54.4 Å². The Kier molecular flexibility index (Phi) is 9.41. The Morgan fingerprint density at radius 1 is 1.38 bits per heavy atom. The number of ether oxygens (including phenoxy) is 1. The molecule has 0 saturated heterocycles. The van der Waals surface area contributed by atoms with Gasteiger partial charge in [0.25, 0.3) is 5.56 Å². The lowest BCUT2D eigenvalue weighted by Crippen LogP contribution is -2.31. The fourth-order valence-corrected chi connectivity index (χ4v) is 4.10. The van der Waals surface area contributed by atoms with Crippen LogP contribution in [0, 0.1) is 12.8 Å². The zero-order valence-corrected chi connectivity index (χ0v) is 17.5. The molecule has 0 bridgehead atoms. The van der Waals surface area contributed by atoms with Crippen molar-refractivity contribution in [3.8, 4) is 0 Å². The van der Waals surface area contributed by atoms with Crippen LogP contribution in [0.4, 0.5) is 0 Å². The molecule has 1 aromatic rings. The summed E-state index contributed by atoms with van der Waals surface area (Å²) in [4.78, 5) is 28.4. The van der Waals surface area contributed by atoms with Crippen LogP contribution < -0.4 is 5.56 Å². The van der Waals surface area contributed by atoms with E-state index < -0.39 is 5.97 Å². The molecule has 2 rings (SSSR count). The van der Waals surface area contributed by atoms with Crippen molar-refractivity contribution >= 4 is 23.9 Å². The first-order valence-electron chi connectivity index (χ1n) is 8.83. The molecule has 1 unspecified atom stereocenters. The largest absolute Gasteiger partial charge is 0.465 e. The zero-order valence-electron chi connectivity index (χ0n) is 16.7. The molecule has 0 amide bonds. The maximum atomic E-state index is 12.8. The van der Waals surface area contributed by atoms with E-state index in [-0.39, 0.29) is 11.1 Å². The van der Waals surface area contributed by atoms with Gasteiger partial charge in [-0.2, -0.15) is 11.8 Å². The lowest BCUT2D eigenvalue weighted by Gasteiger charge is -2.17. The van der Waals surface area contributed by atoms with Gasteiger partial charge in [0.2, 0.25) is 0 Å². The third-order valence-corrected chi connectivity index (χ3v) is 5.39. The Morgan fingerprint density at radius 3 is 2.58 bits per heavy atom. The third kappa shape index (κ3) is 5.34. The first-order chi connectivity index (χ1) is 12.4. The van der Waals surface area contributed by atoms with Crippen LogP contribution in [0.3, 0.4) is 0 Å². The van der Waals surface area contributed by atoms with E-state index in [1.165, 1.54) is 7.11 Å². The molecular formula is C20H30N2O3S. The van der Waals surface area contributed by atoms with E-state index in [1.807, 2.05) is 26.8 Å². The number of esters is 1. The molecule has 26 heavy (non-hydrogen) atoms. The molecule has 144 valence electrons. The van der Waals surface area contributed by atoms with Crippen LogP contribution in [-0.4, -0.2) is 30.9 Å². The highest BCUT2D eigenvalue weighted by atomic mass is 32.2. The number of carbonyl (C=O) groups excluding carboxylic acids is 1. The van der Waals surface area contributed by atoms with Crippen LogP contribution in [0.5, 0.6) is 0 Å². The first kappa shape index (κ1) is 22.2. The van der Waals surface area contributed by atoms with Gasteiger partial charge in [-0.1, -0.05) is 19.1 Å². The number of allylic oxidation sites excluding steroid dienone is 2. The second-order valence-electron chi connectivity index (χ2n) is 6.17. The van der Waals surface area contributed by atoms with Crippen molar-refractivity contribution in [3.05, 3.63) is 44.9 Å². The standard InChI is InChI=1S/C17H23NO3S.C3H7N/c1-5-6-11(2)7-8-18-14-10-22-9-13(14)12(3)15(16(18)19)17(20)21-4;1-3-4-2/h5-6,11H,7-10H2,1-4H3;3H,1-2H3/b6-5-;. The average molecular weight is 379 g/mol. The molecule has 1 atom stereocenters. The second-order valence-corrected chi connectivity index (χ2v) is 7.16. The van der Waals surface area contributed by atoms with E-state index in [0.717, 1.165) is 34.7 Å². The topological polar surface area (TPSA) is 60.7 Å². The fourth-order valence-electron chi connectivity index (χ4n) is 2.89. The van der Waals surface area contributed by atoms with Gasteiger partial charge < -0.3 is 14.3 Å². The van der Waals surface area contributed by atoms with Gasteiger partial charge in [-0.05, 0) is 50.5 Å². The SMILES string of the molecule is C/C=C\C(C)CCn1c2c(c(C)c(C(=O)OC)c1=O)CSC2.CC=NC. The Morgan fingerprint density at radius 2 is 2.04 bits per heavy atom. The summed E-state index contributed by atoms with van der Waals surface area (Å²) in [6.45, 7) is 8.51. The molecule has 1 aliphatic heterocycles. The highest BCUT2D eigenvalue weighted by molar-refractivity contribution is 7.98. The van der Waals surface area contributed by atoms with Gasteiger partial charge in [0, 0.05) is 30.8 Å². The number of hydrogen-bond donors (Lipinski definition) is 0. The van der Waals surface area contributed by atoms with E-state index in [1.54, 1.807) is 29.6 Å². The van der Waals surface area contributed by atoms with Crippen LogP contribution >= 0.6 is 11.8 Å². The number of carbonyl (C=O) groups is 1. The molecule has 1 aliphatic rings. The van der Waals surface area contributed by atoms with Crippen LogP contribution in [-0.2, 0) is 22.8 Å². The third-order valence-electron chi connectivity index (χ3n) is 4.42. The number of thioether (sulfide) groups is 1. The quantitative estimate of drug-likeness (QED) is 0.441. The van der Waals surface area contributed by atoms with Gasteiger partial charge in [-0.15, -0.1) is 0 Å². The summed E-state index contributed by atoms with van der Waals surface area (Å²) in [6, 6.07) is 0. The molecule has 6 heteroatoms. The van der Waals surface area contributed by atoms with Gasteiger partial charge in [0.15, 0.2) is 0 Å². The van der Waals surface area contributed by atoms with Crippen LogP contribution in [0.15, 0.2) is 21.9 Å². The summed E-state index contributed by atoms with van der Waals surface area (Å²) in [6.07, 6.45) is 6.79. The monoisotopic (exact) mass is 378 g/mol. The first-order valence-corrected chi connectivity index (χ1v) is 9.99. The average Bonchev–Trinajstić information content (AvgIpc) is 3.11.